The smallest absolute Gasteiger partial charge is 0.251 e. The van der Waals surface area contributed by atoms with E-state index in [0.29, 0.717) is 36.8 Å². The van der Waals surface area contributed by atoms with Gasteiger partial charge in [-0.15, -0.1) is 0 Å². The van der Waals surface area contributed by atoms with Crippen molar-refractivity contribution in [3.63, 3.8) is 0 Å². The molecule has 98 valence electrons. The molecule has 0 aliphatic carbocycles. The van der Waals surface area contributed by atoms with Crippen molar-refractivity contribution in [3.05, 3.63) is 22.2 Å². The summed E-state index contributed by atoms with van der Waals surface area (Å²) in [4.78, 5) is 11.9. The van der Waals surface area contributed by atoms with E-state index < -0.39 is 0 Å². The zero-order valence-electron chi connectivity index (χ0n) is 10.3. The molecule has 1 aliphatic rings. The highest BCUT2D eigenvalue weighted by molar-refractivity contribution is 9.10. The molecule has 18 heavy (non-hydrogen) atoms. The summed E-state index contributed by atoms with van der Waals surface area (Å²) in [6.45, 7) is 3.84. The average Bonchev–Trinajstić information content (AvgIpc) is 2.39. The lowest BCUT2D eigenvalue weighted by atomic mass is 10.1. The first-order chi connectivity index (χ1) is 8.72. The van der Waals surface area contributed by atoms with Gasteiger partial charge in [-0.1, -0.05) is 13.3 Å². The van der Waals surface area contributed by atoms with Crippen LogP contribution in [0.15, 0.2) is 16.6 Å². The van der Waals surface area contributed by atoms with Crippen molar-refractivity contribution in [1.29, 1.82) is 0 Å². The van der Waals surface area contributed by atoms with E-state index >= 15 is 0 Å². The fourth-order valence-electron chi connectivity index (χ4n) is 1.72. The molecule has 0 saturated carbocycles. The van der Waals surface area contributed by atoms with Crippen LogP contribution >= 0.6 is 15.9 Å². The average molecular weight is 314 g/mol. The van der Waals surface area contributed by atoms with E-state index in [0.717, 1.165) is 17.3 Å². The Balaban J connectivity index is 2.14. The van der Waals surface area contributed by atoms with Gasteiger partial charge in [0.25, 0.3) is 5.91 Å². The molecular weight excluding hydrogens is 298 g/mol. The van der Waals surface area contributed by atoms with Crippen molar-refractivity contribution < 1.29 is 14.3 Å². The summed E-state index contributed by atoms with van der Waals surface area (Å²) in [7, 11) is 0. The highest BCUT2D eigenvalue weighted by Gasteiger charge is 2.18. The van der Waals surface area contributed by atoms with E-state index in [9.17, 15) is 4.79 Å². The van der Waals surface area contributed by atoms with Gasteiger partial charge in [0.05, 0.1) is 4.47 Å². The van der Waals surface area contributed by atoms with E-state index in [-0.39, 0.29) is 5.91 Å². The molecule has 1 heterocycles. The van der Waals surface area contributed by atoms with Gasteiger partial charge in [0.2, 0.25) is 0 Å². The standard InChI is InChI=1S/C13H16BrNO3/c1-2-3-4-15-13(16)9-7-10(14)12-11(8-9)17-5-6-18-12/h7-8H,2-6H2,1H3,(H,15,16). The summed E-state index contributed by atoms with van der Waals surface area (Å²) in [6.07, 6.45) is 2.04. The number of amides is 1. The van der Waals surface area contributed by atoms with Crippen molar-refractivity contribution in [2.45, 2.75) is 19.8 Å². The number of benzene rings is 1. The summed E-state index contributed by atoms with van der Waals surface area (Å²) in [6, 6.07) is 3.48. The minimum absolute atomic E-state index is 0.0823. The van der Waals surface area contributed by atoms with Gasteiger partial charge in [0, 0.05) is 12.1 Å². The number of nitrogens with one attached hydrogen (secondary N) is 1. The van der Waals surface area contributed by atoms with Gasteiger partial charge < -0.3 is 14.8 Å². The van der Waals surface area contributed by atoms with E-state index in [2.05, 4.69) is 28.2 Å². The fraction of sp³-hybridized carbons (Fsp3) is 0.462. The molecule has 2 rings (SSSR count). The molecule has 1 aromatic carbocycles. The van der Waals surface area contributed by atoms with Crippen LogP contribution in [0.25, 0.3) is 0 Å². The summed E-state index contributed by atoms with van der Waals surface area (Å²) >= 11 is 3.40. The summed E-state index contributed by atoms with van der Waals surface area (Å²) in [5.74, 6) is 1.21. The van der Waals surface area contributed by atoms with Crippen LogP contribution in [0.1, 0.15) is 30.1 Å². The predicted octanol–water partition coefficient (Wildman–Crippen LogP) is 2.75. The molecule has 0 unspecified atom stereocenters. The van der Waals surface area contributed by atoms with Gasteiger partial charge in [-0.3, -0.25) is 4.79 Å². The zero-order chi connectivity index (χ0) is 13.0. The van der Waals surface area contributed by atoms with E-state index in [4.69, 9.17) is 9.47 Å². The molecule has 0 bridgehead atoms. The van der Waals surface area contributed by atoms with Crippen LogP contribution in [0.5, 0.6) is 11.5 Å². The molecule has 0 radical (unpaired) electrons. The molecule has 4 nitrogen and oxygen atoms in total. The van der Waals surface area contributed by atoms with Gasteiger partial charge >= 0.3 is 0 Å². The largest absolute Gasteiger partial charge is 0.486 e. The van der Waals surface area contributed by atoms with E-state index in [1.165, 1.54) is 0 Å². The molecule has 1 amide bonds. The Morgan fingerprint density at radius 2 is 2.17 bits per heavy atom. The first-order valence-electron chi connectivity index (χ1n) is 6.09. The Kier molecular flexibility index (Phi) is 4.47. The third kappa shape index (κ3) is 2.96. The second kappa shape index (κ2) is 6.09. The van der Waals surface area contributed by atoms with Crippen LogP contribution in [0.3, 0.4) is 0 Å². The number of fused-ring (bicyclic) bond motifs is 1. The number of ether oxygens (including phenoxy) is 2. The van der Waals surface area contributed by atoms with Crippen LogP contribution in [-0.4, -0.2) is 25.7 Å². The van der Waals surface area contributed by atoms with Gasteiger partial charge in [0.1, 0.15) is 13.2 Å². The highest BCUT2D eigenvalue weighted by Crippen LogP contribution is 2.38. The Labute approximate surface area is 115 Å². The SMILES string of the molecule is CCCCNC(=O)c1cc(Br)c2c(c1)OCCO2. The summed E-state index contributed by atoms with van der Waals surface area (Å²) in [5, 5.41) is 2.88. The molecule has 1 aromatic rings. The predicted molar refractivity (Wildman–Crippen MR) is 72.4 cm³/mol. The van der Waals surface area contributed by atoms with Crippen molar-refractivity contribution in [2.24, 2.45) is 0 Å². The number of carbonyl (C=O) groups excluding carboxylic acids is 1. The van der Waals surface area contributed by atoms with Crippen molar-refractivity contribution in [3.8, 4) is 11.5 Å². The zero-order valence-corrected chi connectivity index (χ0v) is 11.9. The summed E-state index contributed by atoms with van der Waals surface area (Å²) in [5.41, 5.74) is 0.585. The first kappa shape index (κ1) is 13.2. The third-order valence-corrected chi connectivity index (χ3v) is 3.26. The van der Waals surface area contributed by atoms with Gasteiger partial charge in [-0.2, -0.15) is 0 Å². The number of hydrogen-bond acceptors (Lipinski definition) is 3. The Morgan fingerprint density at radius 3 is 2.94 bits per heavy atom. The molecular formula is C13H16BrNO3. The molecule has 0 aromatic heterocycles. The maximum Gasteiger partial charge on any atom is 0.251 e. The van der Waals surface area contributed by atoms with E-state index in [1.807, 2.05) is 0 Å². The number of carbonyl (C=O) groups is 1. The molecule has 0 spiro atoms. The first-order valence-corrected chi connectivity index (χ1v) is 6.89. The molecule has 1 N–H and O–H groups in total. The monoisotopic (exact) mass is 313 g/mol. The number of hydrogen-bond donors (Lipinski definition) is 1. The second-order valence-electron chi connectivity index (χ2n) is 4.09. The maximum atomic E-state index is 11.9. The fourth-order valence-corrected chi connectivity index (χ4v) is 2.28. The maximum absolute atomic E-state index is 11.9. The second-order valence-corrected chi connectivity index (χ2v) is 4.95. The molecule has 0 fully saturated rings. The van der Waals surface area contributed by atoms with Crippen LogP contribution in [0.4, 0.5) is 0 Å². The number of unbranched alkanes of at least 4 members (excludes halogenated alkanes) is 1. The third-order valence-electron chi connectivity index (χ3n) is 2.67. The minimum Gasteiger partial charge on any atom is -0.486 e. The van der Waals surface area contributed by atoms with Crippen molar-refractivity contribution in [1.82, 2.24) is 5.32 Å². The van der Waals surface area contributed by atoms with Crippen molar-refractivity contribution >= 4 is 21.8 Å². The van der Waals surface area contributed by atoms with Crippen LogP contribution in [0, 0.1) is 0 Å². The van der Waals surface area contributed by atoms with Crippen LogP contribution < -0.4 is 14.8 Å². The quantitative estimate of drug-likeness (QED) is 0.869. The topological polar surface area (TPSA) is 47.6 Å². The highest BCUT2D eigenvalue weighted by atomic mass is 79.9. The van der Waals surface area contributed by atoms with Crippen LogP contribution in [-0.2, 0) is 0 Å². The Hall–Kier alpha value is -1.23. The Morgan fingerprint density at radius 1 is 1.39 bits per heavy atom. The van der Waals surface area contributed by atoms with E-state index in [1.54, 1.807) is 12.1 Å². The van der Waals surface area contributed by atoms with Gasteiger partial charge in [0.15, 0.2) is 11.5 Å². The summed E-state index contributed by atoms with van der Waals surface area (Å²) < 4.78 is 11.7. The van der Waals surface area contributed by atoms with Gasteiger partial charge in [-0.05, 0) is 34.5 Å². The Bertz CT molecular complexity index is 448. The normalized spacial score (nSPS) is 13.2. The molecule has 5 heteroatoms. The molecule has 1 aliphatic heterocycles. The van der Waals surface area contributed by atoms with Crippen LogP contribution in [0.2, 0.25) is 0 Å². The lowest BCUT2D eigenvalue weighted by molar-refractivity contribution is 0.0951. The lowest BCUT2D eigenvalue weighted by Crippen LogP contribution is -2.25. The van der Waals surface area contributed by atoms with Gasteiger partial charge in [-0.25, -0.2) is 0 Å². The molecule has 0 saturated heterocycles. The number of halogens is 1. The molecule has 0 atom stereocenters. The minimum atomic E-state index is -0.0823. The lowest BCUT2D eigenvalue weighted by Gasteiger charge is -2.20. The number of rotatable bonds is 4. The van der Waals surface area contributed by atoms with Crippen molar-refractivity contribution in [2.75, 3.05) is 19.8 Å².